The summed E-state index contributed by atoms with van der Waals surface area (Å²) >= 11 is 0. The molecule has 138 valence electrons. The molecule has 0 bridgehead atoms. The van der Waals surface area contributed by atoms with E-state index in [1.54, 1.807) is 49.7 Å². The van der Waals surface area contributed by atoms with Gasteiger partial charge in [0.15, 0.2) is 0 Å². The molecule has 1 aromatic carbocycles. The number of hydrogen-bond acceptors (Lipinski definition) is 6. The van der Waals surface area contributed by atoms with Gasteiger partial charge in [-0.2, -0.15) is 0 Å². The highest BCUT2D eigenvalue weighted by Crippen LogP contribution is 2.28. The number of hydrogen-bond donors (Lipinski definition) is 1. The van der Waals surface area contributed by atoms with Crippen LogP contribution in [0.15, 0.2) is 67.0 Å². The first-order chi connectivity index (χ1) is 13.6. The highest BCUT2D eigenvalue weighted by molar-refractivity contribution is 5.97. The van der Waals surface area contributed by atoms with Gasteiger partial charge in [0.25, 0.3) is 5.91 Å². The number of nitrogens with one attached hydrogen (secondary N) is 1. The molecule has 0 unspecified atom stereocenters. The predicted molar refractivity (Wildman–Crippen MR) is 107 cm³/mol. The summed E-state index contributed by atoms with van der Waals surface area (Å²) in [5.74, 6) is -0.207. The van der Waals surface area contributed by atoms with E-state index in [2.05, 4.69) is 15.4 Å². The fraction of sp³-hybridized carbons (Fsp3) is 0.0952. The van der Waals surface area contributed by atoms with Crippen molar-refractivity contribution >= 4 is 16.9 Å². The number of carbonyl (C=O) groups is 1. The highest BCUT2D eigenvalue weighted by Gasteiger charge is 2.16. The van der Waals surface area contributed by atoms with E-state index in [9.17, 15) is 4.79 Å². The molecule has 0 aliphatic carbocycles. The van der Waals surface area contributed by atoms with Crippen LogP contribution in [0.3, 0.4) is 0 Å². The summed E-state index contributed by atoms with van der Waals surface area (Å²) < 4.78 is 0. The molecule has 0 aliphatic rings. The summed E-state index contributed by atoms with van der Waals surface area (Å²) in [4.78, 5) is 30.7. The lowest BCUT2D eigenvalue weighted by Gasteiger charge is -2.13. The molecule has 3 heterocycles. The molecule has 0 atom stereocenters. The topological polar surface area (TPSA) is 83.9 Å². The molecule has 4 aromatic rings. The summed E-state index contributed by atoms with van der Waals surface area (Å²) in [6.07, 6.45) is 3.43. The summed E-state index contributed by atoms with van der Waals surface area (Å²) in [5, 5.41) is 1.60. The van der Waals surface area contributed by atoms with E-state index in [1.165, 1.54) is 0 Å². The second kappa shape index (κ2) is 7.50. The van der Waals surface area contributed by atoms with Gasteiger partial charge in [0.05, 0.1) is 22.4 Å². The monoisotopic (exact) mass is 370 g/mol. The Morgan fingerprint density at radius 2 is 1.43 bits per heavy atom. The number of benzene rings is 1. The summed E-state index contributed by atoms with van der Waals surface area (Å²) in [7, 11) is 3.52. The maximum absolute atomic E-state index is 12.3. The molecular weight excluding hydrogens is 352 g/mol. The standard InChI is InChI=1S/C21H18N6O/c1-27(2)26-21(28)14-9-10-15-18(13-14)25-20(17-8-4-6-12-23-17)19(24-15)16-7-3-5-11-22-16/h3-13H,1-2H3,(H,26,28). The summed E-state index contributed by atoms with van der Waals surface area (Å²) in [6, 6.07) is 16.5. The van der Waals surface area contributed by atoms with Crippen LogP contribution >= 0.6 is 0 Å². The summed E-state index contributed by atoms with van der Waals surface area (Å²) in [6.45, 7) is 0. The summed E-state index contributed by atoms with van der Waals surface area (Å²) in [5.41, 5.74) is 7.22. The average molecular weight is 370 g/mol. The zero-order valence-corrected chi connectivity index (χ0v) is 15.5. The van der Waals surface area contributed by atoms with Gasteiger partial charge in [-0.25, -0.2) is 15.0 Å². The Balaban J connectivity index is 1.90. The molecule has 4 rings (SSSR count). The maximum Gasteiger partial charge on any atom is 0.265 e. The second-order valence-corrected chi connectivity index (χ2v) is 6.39. The van der Waals surface area contributed by atoms with Crippen LogP contribution in [0.25, 0.3) is 33.8 Å². The third-order valence-electron chi connectivity index (χ3n) is 4.07. The second-order valence-electron chi connectivity index (χ2n) is 6.39. The minimum atomic E-state index is -0.207. The number of fused-ring (bicyclic) bond motifs is 1. The maximum atomic E-state index is 12.3. The first-order valence-corrected chi connectivity index (χ1v) is 8.75. The van der Waals surface area contributed by atoms with E-state index >= 15 is 0 Å². The number of rotatable bonds is 4. The van der Waals surface area contributed by atoms with Gasteiger partial charge in [-0.05, 0) is 42.5 Å². The molecule has 0 aliphatic heterocycles. The molecule has 0 saturated heterocycles. The fourth-order valence-corrected chi connectivity index (χ4v) is 2.83. The van der Waals surface area contributed by atoms with E-state index in [1.807, 2.05) is 36.4 Å². The molecule has 0 fully saturated rings. The predicted octanol–water partition coefficient (Wildman–Crippen LogP) is 2.96. The van der Waals surface area contributed by atoms with Gasteiger partial charge in [0.1, 0.15) is 11.4 Å². The molecule has 7 heteroatoms. The Morgan fingerprint density at radius 1 is 0.821 bits per heavy atom. The first kappa shape index (κ1) is 17.7. The van der Waals surface area contributed by atoms with Gasteiger partial charge in [-0.3, -0.25) is 20.2 Å². The van der Waals surface area contributed by atoms with Crippen LogP contribution < -0.4 is 5.43 Å². The Bertz CT molecular complexity index is 1130. The van der Waals surface area contributed by atoms with Gasteiger partial charge < -0.3 is 0 Å². The van der Waals surface area contributed by atoms with Crippen LogP contribution in [-0.2, 0) is 0 Å². The molecule has 1 N–H and O–H groups in total. The van der Waals surface area contributed by atoms with E-state index in [4.69, 9.17) is 9.97 Å². The van der Waals surface area contributed by atoms with Crippen molar-refractivity contribution in [2.75, 3.05) is 14.1 Å². The van der Waals surface area contributed by atoms with Gasteiger partial charge in [-0.1, -0.05) is 12.1 Å². The van der Waals surface area contributed by atoms with Crippen LogP contribution in [0.5, 0.6) is 0 Å². The quantitative estimate of drug-likeness (QED) is 0.556. The molecular formula is C21H18N6O. The zero-order valence-electron chi connectivity index (χ0n) is 15.5. The van der Waals surface area contributed by atoms with Crippen LogP contribution in [0.4, 0.5) is 0 Å². The minimum absolute atomic E-state index is 0.207. The van der Waals surface area contributed by atoms with Gasteiger partial charge in [0, 0.05) is 32.1 Å². The van der Waals surface area contributed by atoms with Gasteiger partial charge >= 0.3 is 0 Å². The Hall–Kier alpha value is -3.71. The molecule has 0 spiro atoms. The largest absolute Gasteiger partial charge is 0.285 e. The van der Waals surface area contributed by atoms with Crippen molar-refractivity contribution in [2.24, 2.45) is 0 Å². The van der Waals surface area contributed by atoms with Crippen molar-refractivity contribution < 1.29 is 4.79 Å². The van der Waals surface area contributed by atoms with Crippen LogP contribution in [0.2, 0.25) is 0 Å². The molecule has 0 radical (unpaired) electrons. The van der Waals surface area contributed by atoms with Crippen molar-refractivity contribution in [3.63, 3.8) is 0 Å². The number of amides is 1. The van der Waals surface area contributed by atoms with E-state index < -0.39 is 0 Å². The number of hydrazine groups is 1. The van der Waals surface area contributed by atoms with Crippen LogP contribution in [0.1, 0.15) is 10.4 Å². The smallest absolute Gasteiger partial charge is 0.265 e. The average Bonchev–Trinajstić information content (AvgIpc) is 2.73. The third kappa shape index (κ3) is 3.56. The molecule has 1 amide bonds. The lowest BCUT2D eigenvalue weighted by Crippen LogP contribution is -2.36. The number of aromatic nitrogens is 4. The Kier molecular flexibility index (Phi) is 4.74. The van der Waals surface area contributed by atoms with Crippen molar-refractivity contribution in [3.8, 4) is 22.8 Å². The Morgan fingerprint density at radius 3 is 1.96 bits per heavy atom. The molecule has 0 saturated carbocycles. The molecule has 28 heavy (non-hydrogen) atoms. The van der Waals surface area contributed by atoms with Gasteiger partial charge in [0.2, 0.25) is 0 Å². The number of carbonyl (C=O) groups excluding carboxylic acids is 1. The van der Waals surface area contributed by atoms with E-state index in [-0.39, 0.29) is 5.91 Å². The number of nitrogens with zero attached hydrogens (tertiary/aromatic N) is 5. The third-order valence-corrected chi connectivity index (χ3v) is 4.07. The van der Waals surface area contributed by atoms with Crippen molar-refractivity contribution in [3.05, 3.63) is 72.6 Å². The van der Waals surface area contributed by atoms with E-state index in [0.29, 0.717) is 39.4 Å². The fourth-order valence-electron chi connectivity index (χ4n) is 2.83. The van der Waals surface area contributed by atoms with Crippen molar-refractivity contribution in [2.45, 2.75) is 0 Å². The lowest BCUT2D eigenvalue weighted by molar-refractivity contribution is 0.0857. The number of pyridine rings is 2. The Labute approximate surface area is 162 Å². The van der Waals surface area contributed by atoms with Gasteiger partial charge in [-0.15, -0.1) is 0 Å². The normalized spacial score (nSPS) is 11.0. The lowest BCUT2D eigenvalue weighted by atomic mass is 10.1. The van der Waals surface area contributed by atoms with Crippen molar-refractivity contribution in [1.82, 2.24) is 30.4 Å². The van der Waals surface area contributed by atoms with E-state index in [0.717, 1.165) is 0 Å². The van der Waals surface area contributed by atoms with Crippen molar-refractivity contribution in [1.29, 1.82) is 0 Å². The van der Waals surface area contributed by atoms with Crippen LogP contribution in [0, 0.1) is 0 Å². The highest BCUT2D eigenvalue weighted by atomic mass is 16.2. The molecule has 3 aromatic heterocycles. The SMILES string of the molecule is CN(C)NC(=O)c1ccc2nc(-c3ccccn3)c(-c3ccccn3)nc2c1. The first-order valence-electron chi connectivity index (χ1n) is 8.75. The molecule has 7 nitrogen and oxygen atoms in total. The zero-order chi connectivity index (χ0) is 19.5. The minimum Gasteiger partial charge on any atom is -0.285 e. The van der Waals surface area contributed by atoms with Crippen LogP contribution in [-0.4, -0.2) is 44.9 Å².